The second-order valence-corrected chi connectivity index (χ2v) is 2.48. The monoisotopic (exact) mass is 163 g/mol. The van der Waals surface area contributed by atoms with E-state index < -0.39 is 6.10 Å². The lowest BCUT2D eigenvalue weighted by atomic mass is 10.3. The van der Waals surface area contributed by atoms with Gasteiger partial charge in [0.1, 0.15) is 6.61 Å². The summed E-state index contributed by atoms with van der Waals surface area (Å²) in [7, 11) is 0. The molecule has 1 aliphatic heterocycles. The van der Waals surface area contributed by atoms with E-state index in [1.807, 2.05) is 12.1 Å². The molecule has 61 valence electrons. The highest BCUT2D eigenvalue weighted by Gasteiger charge is 2.19. The zero-order valence-corrected chi connectivity index (χ0v) is 6.32. The molecule has 0 saturated heterocycles. The van der Waals surface area contributed by atoms with Gasteiger partial charge in [-0.2, -0.15) is 0 Å². The quantitative estimate of drug-likeness (QED) is 0.618. The average Bonchev–Trinajstić information content (AvgIpc) is 2.17. The topological polar surface area (TPSA) is 35.5 Å². The van der Waals surface area contributed by atoms with E-state index >= 15 is 0 Å². The Bertz CT molecular complexity index is 296. The number of hydrogen-bond acceptors (Lipinski definition) is 3. The Balaban J connectivity index is 2.28. The molecule has 0 bridgehead atoms. The van der Waals surface area contributed by atoms with Crippen molar-refractivity contribution in [3.05, 3.63) is 24.3 Å². The number of ether oxygens (including phenoxy) is 2. The summed E-state index contributed by atoms with van der Waals surface area (Å²) in [6, 6.07) is 7.25. The lowest BCUT2D eigenvalue weighted by molar-refractivity contribution is 0.132. The molecule has 1 atom stereocenters. The van der Waals surface area contributed by atoms with Crippen LogP contribution in [-0.2, 0) is 4.79 Å². The maximum absolute atomic E-state index is 10.2. The molecule has 0 aromatic heterocycles. The van der Waals surface area contributed by atoms with E-state index in [0.717, 1.165) is 0 Å². The molecule has 1 radical (unpaired) electrons. The van der Waals surface area contributed by atoms with Crippen LogP contribution in [0, 0.1) is 0 Å². The number of fused-ring (bicyclic) bond motifs is 1. The second kappa shape index (κ2) is 2.85. The summed E-state index contributed by atoms with van der Waals surface area (Å²) in [4.78, 5) is 10.2. The van der Waals surface area contributed by atoms with Gasteiger partial charge in [0.15, 0.2) is 17.6 Å². The SMILES string of the molecule is O=[C]C1COc2ccccc2O1. The van der Waals surface area contributed by atoms with Crippen LogP contribution in [0.15, 0.2) is 24.3 Å². The van der Waals surface area contributed by atoms with Gasteiger partial charge in [0.25, 0.3) is 0 Å². The Kier molecular flexibility index (Phi) is 1.70. The lowest BCUT2D eigenvalue weighted by Crippen LogP contribution is -2.30. The van der Waals surface area contributed by atoms with Crippen molar-refractivity contribution in [2.45, 2.75) is 6.10 Å². The molecule has 12 heavy (non-hydrogen) atoms. The molecule has 1 aliphatic rings. The number of rotatable bonds is 1. The molecule has 1 heterocycles. The fourth-order valence-electron chi connectivity index (χ4n) is 1.08. The molecule has 0 aliphatic carbocycles. The van der Waals surface area contributed by atoms with E-state index in [4.69, 9.17) is 9.47 Å². The Morgan fingerprint density at radius 1 is 1.33 bits per heavy atom. The molecule has 1 unspecified atom stereocenters. The highest BCUT2D eigenvalue weighted by molar-refractivity contribution is 5.59. The van der Waals surface area contributed by atoms with Gasteiger partial charge in [-0.15, -0.1) is 0 Å². The molecular formula is C9H7O3. The van der Waals surface area contributed by atoms with E-state index in [1.54, 1.807) is 18.4 Å². The second-order valence-electron chi connectivity index (χ2n) is 2.48. The third-order valence-electron chi connectivity index (χ3n) is 1.64. The summed E-state index contributed by atoms with van der Waals surface area (Å²) < 4.78 is 10.5. The molecule has 0 spiro atoms. The van der Waals surface area contributed by atoms with Gasteiger partial charge in [-0.3, -0.25) is 4.79 Å². The van der Waals surface area contributed by atoms with Gasteiger partial charge >= 0.3 is 0 Å². The molecule has 1 aromatic rings. The number of para-hydroxylation sites is 2. The third kappa shape index (κ3) is 1.13. The predicted octanol–water partition coefficient (Wildman–Crippen LogP) is 0.936. The minimum Gasteiger partial charge on any atom is -0.485 e. The van der Waals surface area contributed by atoms with Gasteiger partial charge in [-0.25, -0.2) is 0 Å². The first-order valence-electron chi connectivity index (χ1n) is 3.66. The van der Waals surface area contributed by atoms with E-state index in [0.29, 0.717) is 11.5 Å². The summed E-state index contributed by atoms with van der Waals surface area (Å²) in [6.45, 7) is 0.251. The molecule has 0 fully saturated rings. The molecule has 0 amide bonds. The van der Waals surface area contributed by atoms with Gasteiger partial charge in [-0.1, -0.05) is 12.1 Å². The van der Waals surface area contributed by atoms with E-state index in [9.17, 15) is 4.79 Å². The Morgan fingerprint density at radius 3 is 2.83 bits per heavy atom. The van der Waals surface area contributed by atoms with Crippen LogP contribution in [-0.4, -0.2) is 19.0 Å². The molecular weight excluding hydrogens is 156 g/mol. The van der Waals surface area contributed by atoms with Crippen molar-refractivity contribution in [3.63, 3.8) is 0 Å². The zero-order chi connectivity index (χ0) is 8.39. The maximum Gasteiger partial charge on any atom is 0.246 e. The summed E-state index contributed by atoms with van der Waals surface area (Å²) in [5, 5.41) is 0. The minimum atomic E-state index is -0.583. The van der Waals surface area contributed by atoms with E-state index in [1.165, 1.54) is 0 Å². The fourth-order valence-corrected chi connectivity index (χ4v) is 1.08. The van der Waals surface area contributed by atoms with E-state index in [-0.39, 0.29) is 6.61 Å². The number of carbonyl (C=O) groups excluding carboxylic acids is 1. The van der Waals surface area contributed by atoms with Gasteiger partial charge in [0, 0.05) is 0 Å². The highest BCUT2D eigenvalue weighted by atomic mass is 16.6. The van der Waals surface area contributed by atoms with Gasteiger partial charge in [0.05, 0.1) is 0 Å². The third-order valence-corrected chi connectivity index (χ3v) is 1.64. The number of benzene rings is 1. The van der Waals surface area contributed by atoms with Crippen LogP contribution in [0.4, 0.5) is 0 Å². The van der Waals surface area contributed by atoms with Crippen LogP contribution in [0.3, 0.4) is 0 Å². The predicted molar refractivity (Wildman–Crippen MR) is 42.0 cm³/mol. The molecule has 0 N–H and O–H groups in total. The van der Waals surface area contributed by atoms with Gasteiger partial charge in [-0.05, 0) is 12.1 Å². The van der Waals surface area contributed by atoms with Crippen LogP contribution >= 0.6 is 0 Å². The van der Waals surface area contributed by atoms with Crippen molar-refractivity contribution in [2.24, 2.45) is 0 Å². The average molecular weight is 163 g/mol. The zero-order valence-electron chi connectivity index (χ0n) is 6.32. The first-order valence-corrected chi connectivity index (χ1v) is 3.66. The highest BCUT2D eigenvalue weighted by Crippen LogP contribution is 2.30. The van der Waals surface area contributed by atoms with Crippen molar-refractivity contribution in [1.82, 2.24) is 0 Å². The van der Waals surface area contributed by atoms with Crippen LogP contribution < -0.4 is 9.47 Å². The van der Waals surface area contributed by atoms with Gasteiger partial charge < -0.3 is 9.47 Å². The van der Waals surface area contributed by atoms with E-state index in [2.05, 4.69) is 0 Å². The standard InChI is InChI=1S/C9H7O3/c10-5-7-6-11-8-3-1-2-4-9(8)12-7/h1-4,7H,6H2. The minimum absolute atomic E-state index is 0.251. The molecule has 2 rings (SSSR count). The van der Waals surface area contributed by atoms with Crippen molar-refractivity contribution < 1.29 is 14.3 Å². The maximum atomic E-state index is 10.2. The summed E-state index contributed by atoms with van der Waals surface area (Å²) in [6.07, 6.45) is 1.16. The van der Waals surface area contributed by atoms with Crippen molar-refractivity contribution in [3.8, 4) is 11.5 Å². The van der Waals surface area contributed by atoms with Crippen LogP contribution in [0.1, 0.15) is 0 Å². The van der Waals surface area contributed by atoms with Gasteiger partial charge in [0.2, 0.25) is 6.29 Å². The Hall–Kier alpha value is -1.51. The van der Waals surface area contributed by atoms with Crippen molar-refractivity contribution in [2.75, 3.05) is 6.61 Å². The normalized spacial score (nSPS) is 20.2. The Labute approximate surface area is 69.9 Å². The first-order chi connectivity index (χ1) is 5.90. The fraction of sp³-hybridized carbons (Fsp3) is 0.222. The molecule has 3 nitrogen and oxygen atoms in total. The molecule has 0 saturated carbocycles. The number of hydrogen-bond donors (Lipinski definition) is 0. The van der Waals surface area contributed by atoms with Crippen LogP contribution in [0.2, 0.25) is 0 Å². The largest absolute Gasteiger partial charge is 0.485 e. The Morgan fingerprint density at radius 2 is 2.08 bits per heavy atom. The van der Waals surface area contributed by atoms with Crippen molar-refractivity contribution >= 4 is 6.29 Å². The van der Waals surface area contributed by atoms with Crippen LogP contribution in [0.5, 0.6) is 11.5 Å². The molecule has 1 aromatic carbocycles. The van der Waals surface area contributed by atoms with Crippen LogP contribution in [0.25, 0.3) is 0 Å². The summed E-state index contributed by atoms with van der Waals surface area (Å²) >= 11 is 0. The first kappa shape index (κ1) is 7.16. The van der Waals surface area contributed by atoms with Crippen molar-refractivity contribution in [1.29, 1.82) is 0 Å². The summed E-state index contributed by atoms with van der Waals surface area (Å²) in [5.74, 6) is 1.29. The lowest BCUT2D eigenvalue weighted by Gasteiger charge is -2.21. The summed E-state index contributed by atoms with van der Waals surface area (Å²) in [5.41, 5.74) is 0. The molecule has 3 heteroatoms. The smallest absolute Gasteiger partial charge is 0.246 e.